The Balaban J connectivity index is 1.73. The second kappa shape index (κ2) is 11.6. The summed E-state index contributed by atoms with van der Waals surface area (Å²) in [5, 5.41) is 16.9. The van der Waals surface area contributed by atoms with Crippen LogP contribution in [-0.2, 0) is 13.2 Å². The molecule has 0 bridgehead atoms. The highest BCUT2D eigenvalue weighted by Crippen LogP contribution is 2.26. The summed E-state index contributed by atoms with van der Waals surface area (Å²) >= 11 is 1.31. The van der Waals surface area contributed by atoms with Crippen molar-refractivity contribution in [2.24, 2.45) is 0 Å². The molecule has 0 aliphatic heterocycles. The Hall–Kier alpha value is -3.01. The number of benzene rings is 2. The van der Waals surface area contributed by atoms with Gasteiger partial charge in [-0.15, -0.1) is 11.3 Å². The van der Waals surface area contributed by atoms with E-state index in [9.17, 15) is 9.18 Å². The largest absolute Gasteiger partial charge is 0.491 e. The van der Waals surface area contributed by atoms with Crippen LogP contribution in [0.4, 0.5) is 9.52 Å². The summed E-state index contributed by atoms with van der Waals surface area (Å²) in [5.41, 5.74) is 1.52. The van der Waals surface area contributed by atoms with Gasteiger partial charge in [0.1, 0.15) is 23.9 Å². The molecule has 0 spiro atoms. The fraction of sp³-hybridized carbons (Fsp3) is 0.304. The van der Waals surface area contributed by atoms with Crippen LogP contribution in [0.5, 0.6) is 11.5 Å². The minimum Gasteiger partial charge on any atom is -0.491 e. The number of aliphatic hydroxyl groups is 1. The molecule has 1 amide bonds. The Morgan fingerprint density at radius 2 is 2.00 bits per heavy atom. The third-order valence-electron chi connectivity index (χ3n) is 4.23. The van der Waals surface area contributed by atoms with E-state index < -0.39 is 0 Å². The third kappa shape index (κ3) is 7.01. The molecule has 3 rings (SSSR count). The number of amides is 1. The van der Waals surface area contributed by atoms with E-state index in [0.717, 1.165) is 5.69 Å². The van der Waals surface area contributed by atoms with Gasteiger partial charge in [-0.25, -0.2) is 9.37 Å². The summed E-state index contributed by atoms with van der Waals surface area (Å²) in [4.78, 5) is 17.2. The molecular weight excluding hydrogens is 433 g/mol. The first-order valence-corrected chi connectivity index (χ1v) is 11.1. The Bertz CT molecular complexity index is 1040. The van der Waals surface area contributed by atoms with Crippen LogP contribution in [-0.4, -0.2) is 35.3 Å². The molecule has 3 N–H and O–H groups in total. The molecule has 0 aliphatic carbocycles. The van der Waals surface area contributed by atoms with Gasteiger partial charge in [-0.3, -0.25) is 10.1 Å². The van der Waals surface area contributed by atoms with Crippen molar-refractivity contribution in [1.82, 2.24) is 10.3 Å². The Morgan fingerprint density at radius 1 is 1.22 bits per heavy atom. The number of hydrogen-bond donors (Lipinski definition) is 3. The van der Waals surface area contributed by atoms with Gasteiger partial charge in [0.25, 0.3) is 5.91 Å². The van der Waals surface area contributed by atoms with E-state index in [1.807, 2.05) is 19.2 Å². The van der Waals surface area contributed by atoms with Gasteiger partial charge in [-0.05, 0) is 32.0 Å². The summed E-state index contributed by atoms with van der Waals surface area (Å²) in [6.45, 7) is 4.80. The zero-order valence-corrected chi connectivity index (χ0v) is 18.7. The van der Waals surface area contributed by atoms with Crippen molar-refractivity contribution < 1.29 is 23.8 Å². The molecule has 0 radical (unpaired) electrons. The van der Waals surface area contributed by atoms with Gasteiger partial charge >= 0.3 is 0 Å². The first kappa shape index (κ1) is 23.6. The summed E-state index contributed by atoms with van der Waals surface area (Å²) in [6.07, 6.45) is -0.0966. The number of carbonyl (C=O) groups is 1. The number of anilines is 1. The first-order valence-electron chi connectivity index (χ1n) is 10.2. The number of ether oxygens (including phenoxy) is 2. The maximum absolute atomic E-state index is 13.9. The van der Waals surface area contributed by atoms with Crippen LogP contribution in [0.25, 0.3) is 0 Å². The summed E-state index contributed by atoms with van der Waals surface area (Å²) in [5.74, 6) is 0.154. The quantitative estimate of drug-likeness (QED) is 0.376. The lowest BCUT2D eigenvalue weighted by molar-refractivity contribution is 0.102. The number of nitrogens with zero attached hydrogens (tertiary/aromatic N) is 1. The highest BCUT2D eigenvalue weighted by atomic mass is 32.1. The zero-order valence-electron chi connectivity index (χ0n) is 17.9. The SMILES string of the molecule is CC(C)Oc1cc(OCc2ccccc2F)cc(C(=O)Nc2nc(CNCCO)cs2)c1. The van der Waals surface area contributed by atoms with E-state index in [0.29, 0.717) is 40.8 Å². The molecule has 1 heterocycles. The third-order valence-corrected chi connectivity index (χ3v) is 5.04. The topological polar surface area (TPSA) is 92.7 Å². The minimum absolute atomic E-state index is 0.0234. The lowest BCUT2D eigenvalue weighted by Crippen LogP contribution is -2.18. The van der Waals surface area contributed by atoms with Crippen LogP contribution < -0.4 is 20.1 Å². The maximum atomic E-state index is 13.9. The molecule has 170 valence electrons. The number of carbonyl (C=O) groups excluding carboxylic acids is 1. The van der Waals surface area contributed by atoms with Gasteiger partial charge in [0, 0.05) is 35.7 Å². The van der Waals surface area contributed by atoms with Crippen LogP contribution in [0.2, 0.25) is 0 Å². The number of aliphatic hydroxyl groups excluding tert-OH is 1. The van der Waals surface area contributed by atoms with Crippen molar-refractivity contribution >= 4 is 22.4 Å². The standard InChI is InChI=1S/C23H26FN3O4S/c1-15(2)31-20-10-17(9-19(11-20)30-13-16-5-3-4-6-21(16)24)22(29)27-23-26-18(14-32-23)12-25-7-8-28/h3-6,9-11,14-15,25,28H,7-8,12-13H2,1-2H3,(H,26,27,29). The predicted octanol–water partition coefficient (Wildman–Crippen LogP) is 3.98. The summed E-state index contributed by atoms with van der Waals surface area (Å²) in [7, 11) is 0. The molecule has 0 saturated heterocycles. The lowest BCUT2D eigenvalue weighted by Gasteiger charge is -2.14. The van der Waals surface area contributed by atoms with Crippen LogP contribution in [0.3, 0.4) is 0 Å². The monoisotopic (exact) mass is 459 g/mol. The molecule has 3 aromatic rings. The molecule has 0 unspecified atom stereocenters. The number of halogens is 1. The van der Waals surface area contributed by atoms with E-state index in [1.54, 1.807) is 36.4 Å². The normalized spacial score (nSPS) is 10.9. The molecule has 0 atom stereocenters. The van der Waals surface area contributed by atoms with Crippen molar-refractivity contribution in [3.63, 3.8) is 0 Å². The second-order valence-corrected chi connectivity index (χ2v) is 8.10. The first-order chi connectivity index (χ1) is 15.4. The molecule has 32 heavy (non-hydrogen) atoms. The minimum atomic E-state index is -0.362. The van der Waals surface area contributed by atoms with Crippen molar-refractivity contribution in [3.8, 4) is 11.5 Å². The maximum Gasteiger partial charge on any atom is 0.257 e. The van der Waals surface area contributed by atoms with Crippen LogP contribution >= 0.6 is 11.3 Å². The van der Waals surface area contributed by atoms with Gasteiger partial charge in [0.15, 0.2) is 5.13 Å². The molecule has 0 aliphatic rings. The molecule has 1 aromatic heterocycles. The van der Waals surface area contributed by atoms with Gasteiger partial charge in [-0.2, -0.15) is 0 Å². The van der Waals surface area contributed by atoms with Crippen molar-refractivity contribution in [3.05, 3.63) is 70.5 Å². The lowest BCUT2D eigenvalue weighted by atomic mass is 10.2. The smallest absolute Gasteiger partial charge is 0.257 e. The highest BCUT2D eigenvalue weighted by Gasteiger charge is 2.14. The van der Waals surface area contributed by atoms with Crippen molar-refractivity contribution in [2.75, 3.05) is 18.5 Å². The number of hydrogen-bond acceptors (Lipinski definition) is 7. The Morgan fingerprint density at radius 3 is 2.75 bits per heavy atom. The van der Waals surface area contributed by atoms with E-state index in [4.69, 9.17) is 14.6 Å². The molecule has 0 saturated carbocycles. The fourth-order valence-electron chi connectivity index (χ4n) is 2.81. The summed E-state index contributed by atoms with van der Waals surface area (Å²) < 4.78 is 25.4. The number of aromatic nitrogens is 1. The van der Waals surface area contributed by atoms with Crippen molar-refractivity contribution in [1.29, 1.82) is 0 Å². The number of rotatable bonds is 11. The molecule has 2 aromatic carbocycles. The van der Waals surface area contributed by atoms with E-state index >= 15 is 0 Å². The average Bonchev–Trinajstić information content (AvgIpc) is 3.20. The highest BCUT2D eigenvalue weighted by molar-refractivity contribution is 7.14. The average molecular weight is 460 g/mol. The van der Waals surface area contributed by atoms with Gasteiger partial charge in [0.05, 0.1) is 18.4 Å². The Kier molecular flexibility index (Phi) is 8.55. The number of thiazole rings is 1. The zero-order chi connectivity index (χ0) is 22.9. The number of nitrogens with one attached hydrogen (secondary N) is 2. The molecule has 9 heteroatoms. The van der Waals surface area contributed by atoms with Crippen LogP contribution in [0.15, 0.2) is 47.8 Å². The van der Waals surface area contributed by atoms with Gasteiger partial charge in [0.2, 0.25) is 0 Å². The summed E-state index contributed by atoms with van der Waals surface area (Å²) in [6, 6.07) is 11.3. The second-order valence-electron chi connectivity index (χ2n) is 7.24. The van der Waals surface area contributed by atoms with Crippen LogP contribution in [0, 0.1) is 5.82 Å². The van der Waals surface area contributed by atoms with E-state index in [-0.39, 0.29) is 31.0 Å². The molecule has 0 fully saturated rings. The van der Waals surface area contributed by atoms with Crippen LogP contribution in [0.1, 0.15) is 35.5 Å². The van der Waals surface area contributed by atoms with Gasteiger partial charge < -0.3 is 19.9 Å². The van der Waals surface area contributed by atoms with E-state index in [1.165, 1.54) is 17.4 Å². The fourth-order valence-corrected chi connectivity index (χ4v) is 3.52. The van der Waals surface area contributed by atoms with Gasteiger partial charge in [-0.1, -0.05) is 18.2 Å². The van der Waals surface area contributed by atoms with Crippen molar-refractivity contribution in [2.45, 2.75) is 33.1 Å². The molecule has 7 nitrogen and oxygen atoms in total. The molecular formula is C23H26FN3O4S. The predicted molar refractivity (Wildman–Crippen MR) is 122 cm³/mol. The Labute approximate surface area is 190 Å². The van der Waals surface area contributed by atoms with E-state index in [2.05, 4.69) is 15.6 Å².